The number of hydrogen-bond donors (Lipinski definition) is 1. The minimum absolute atomic E-state index is 0.649. The first-order valence-corrected chi connectivity index (χ1v) is 6.65. The summed E-state index contributed by atoms with van der Waals surface area (Å²) < 4.78 is 5.77. The van der Waals surface area contributed by atoms with E-state index in [9.17, 15) is 0 Å². The van der Waals surface area contributed by atoms with E-state index in [1.54, 1.807) is 0 Å². The van der Waals surface area contributed by atoms with Crippen molar-refractivity contribution in [2.45, 2.75) is 45.7 Å². The molecule has 1 saturated carbocycles. The van der Waals surface area contributed by atoms with E-state index in [4.69, 9.17) is 4.74 Å². The van der Waals surface area contributed by atoms with Crippen LogP contribution < -0.4 is 10.1 Å². The van der Waals surface area contributed by atoms with E-state index >= 15 is 0 Å². The van der Waals surface area contributed by atoms with Crippen molar-refractivity contribution in [2.24, 2.45) is 0 Å². The summed E-state index contributed by atoms with van der Waals surface area (Å²) in [6.07, 6.45) is 5.31. The maximum Gasteiger partial charge on any atom is 0.218 e. The zero-order valence-electron chi connectivity index (χ0n) is 11.3. The highest BCUT2D eigenvalue weighted by Gasteiger charge is 2.21. The van der Waals surface area contributed by atoms with Crippen LogP contribution in [0.2, 0.25) is 0 Å². The maximum absolute atomic E-state index is 5.77. The van der Waals surface area contributed by atoms with Gasteiger partial charge in [0, 0.05) is 23.8 Å². The van der Waals surface area contributed by atoms with Gasteiger partial charge >= 0.3 is 0 Å². The molecule has 0 unspecified atom stereocenters. The Morgan fingerprint density at radius 1 is 1.50 bits per heavy atom. The van der Waals surface area contributed by atoms with E-state index in [1.165, 1.54) is 24.0 Å². The van der Waals surface area contributed by atoms with Gasteiger partial charge in [0.1, 0.15) is 0 Å². The van der Waals surface area contributed by atoms with Gasteiger partial charge in [0.2, 0.25) is 5.88 Å². The van der Waals surface area contributed by atoms with Crippen molar-refractivity contribution in [2.75, 3.05) is 6.61 Å². The third-order valence-electron chi connectivity index (χ3n) is 3.14. The molecule has 0 bridgehead atoms. The summed E-state index contributed by atoms with van der Waals surface area (Å²) in [4.78, 5) is 4.51. The van der Waals surface area contributed by atoms with Gasteiger partial charge in [-0.25, -0.2) is 4.98 Å². The molecule has 0 aliphatic heterocycles. The maximum atomic E-state index is 5.77. The summed E-state index contributed by atoms with van der Waals surface area (Å²) in [5, 5.41) is 3.52. The fraction of sp³-hybridized carbons (Fsp3) is 0.533. The van der Waals surface area contributed by atoms with Crippen molar-refractivity contribution in [1.82, 2.24) is 10.3 Å². The Kier molecular flexibility index (Phi) is 4.37. The molecule has 1 aromatic rings. The zero-order valence-corrected chi connectivity index (χ0v) is 11.3. The Hall–Kier alpha value is -1.35. The minimum Gasteiger partial charge on any atom is -0.477 e. The van der Waals surface area contributed by atoms with E-state index in [0.717, 1.165) is 24.5 Å². The quantitative estimate of drug-likeness (QED) is 0.593. The van der Waals surface area contributed by atoms with Gasteiger partial charge in [0.15, 0.2) is 0 Å². The first-order chi connectivity index (χ1) is 8.70. The standard InChI is InChI=1S/C15H22N2O/c1-4-5-8-18-15-14(10-16-13-6-7-13)11(2)9-12(3)17-15/h4,9,13,16H,1,5-8,10H2,2-3H3. The zero-order chi connectivity index (χ0) is 13.0. The second-order valence-corrected chi connectivity index (χ2v) is 4.95. The summed E-state index contributed by atoms with van der Waals surface area (Å²) in [5.41, 5.74) is 3.46. The molecule has 98 valence electrons. The molecule has 18 heavy (non-hydrogen) atoms. The van der Waals surface area contributed by atoms with Crippen LogP contribution in [0.4, 0.5) is 0 Å². The highest BCUT2D eigenvalue weighted by Crippen LogP contribution is 2.24. The molecule has 0 amide bonds. The van der Waals surface area contributed by atoms with Crippen molar-refractivity contribution in [3.8, 4) is 5.88 Å². The van der Waals surface area contributed by atoms with Gasteiger partial charge in [0.05, 0.1) is 6.61 Å². The molecule has 1 aromatic heterocycles. The lowest BCUT2D eigenvalue weighted by Crippen LogP contribution is -2.18. The highest BCUT2D eigenvalue weighted by molar-refractivity contribution is 5.36. The monoisotopic (exact) mass is 246 g/mol. The predicted molar refractivity (Wildman–Crippen MR) is 73.9 cm³/mol. The van der Waals surface area contributed by atoms with Crippen molar-refractivity contribution in [3.63, 3.8) is 0 Å². The summed E-state index contributed by atoms with van der Waals surface area (Å²) in [6.45, 7) is 9.34. The van der Waals surface area contributed by atoms with Gasteiger partial charge in [-0.1, -0.05) is 6.08 Å². The van der Waals surface area contributed by atoms with Crippen LogP contribution in [0, 0.1) is 13.8 Å². The van der Waals surface area contributed by atoms with Gasteiger partial charge in [-0.3, -0.25) is 0 Å². The van der Waals surface area contributed by atoms with Crippen molar-refractivity contribution in [3.05, 3.63) is 35.5 Å². The van der Waals surface area contributed by atoms with Crippen LogP contribution in [-0.4, -0.2) is 17.6 Å². The van der Waals surface area contributed by atoms with Crippen molar-refractivity contribution in [1.29, 1.82) is 0 Å². The normalized spacial score (nSPS) is 14.6. The molecule has 1 N–H and O–H groups in total. The van der Waals surface area contributed by atoms with E-state index in [2.05, 4.69) is 29.9 Å². The van der Waals surface area contributed by atoms with Gasteiger partial charge in [-0.15, -0.1) is 6.58 Å². The van der Waals surface area contributed by atoms with E-state index < -0.39 is 0 Å². The average Bonchev–Trinajstić information content (AvgIpc) is 3.12. The number of aryl methyl sites for hydroxylation is 2. The highest BCUT2D eigenvalue weighted by atomic mass is 16.5. The molecule has 0 aromatic carbocycles. The molecule has 0 atom stereocenters. The van der Waals surface area contributed by atoms with Crippen LogP contribution in [0.25, 0.3) is 0 Å². The lowest BCUT2D eigenvalue weighted by atomic mass is 10.1. The second-order valence-electron chi connectivity index (χ2n) is 4.95. The number of nitrogens with one attached hydrogen (secondary N) is 1. The molecule has 0 saturated heterocycles. The van der Waals surface area contributed by atoms with Gasteiger partial charge < -0.3 is 10.1 Å². The molecule has 0 spiro atoms. The Bertz CT molecular complexity index is 425. The lowest BCUT2D eigenvalue weighted by Gasteiger charge is -2.14. The molecule has 1 aliphatic rings. The van der Waals surface area contributed by atoms with Crippen molar-refractivity contribution >= 4 is 0 Å². The summed E-state index contributed by atoms with van der Waals surface area (Å²) in [5.74, 6) is 0.780. The average molecular weight is 246 g/mol. The number of pyridine rings is 1. The predicted octanol–water partition coefficient (Wildman–Crippen LogP) is 2.91. The molecule has 0 radical (unpaired) electrons. The summed E-state index contributed by atoms with van der Waals surface area (Å²) in [7, 11) is 0. The molecule has 1 fully saturated rings. The smallest absolute Gasteiger partial charge is 0.218 e. The number of aromatic nitrogens is 1. The SMILES string of the molecule is C=CCCOc1nc(C)cc(C)c1CNC1CC1. The van der Waals surface area contributed by atoms with Gasteiger partial charge in [0.25, 0.3) is 0 Å². The van der Waals surface area contributed by atoms with Crippen LogP contribution >= 0.6 is 0 Å². The van der Waals surface area contributed by atoms with E-state index in [-0.39, 0.29) is 0 Å². The molecule has 3 heteroatoms. The summed E-state index contributed by atoms with van der Waals surface area (Å²) in [6, 6.07) is 2.82. The van der Waals surface area contributed by atoms with Gasteiger partial charge in [-0.2, -0.15) is 0 Å². The van der Waals surface area contributed by atoms with Gasteiger partial charge in [-0.05, 0) is 44.7 Å². The van der Waals surface area contributed by atoms with E-state index in [1.807, 2.05) is 13.0 Å². The van der Waals surface area contributed by atoms with Crippen LogP contribution in [-0.2, 0) is 6.54 Å². The van der Waals surface area contributed by atoms with Crippen LogP contribution in [0.15, 0.2) is 18.7 Å². The topological polar surface area (TPSA) is 34.1 Å². The molecule has 1 aliphatic carbocycles. The van der Waals surface area contributed by atoms with Crippen LogP contribution in [0.3, 0.4) is 0 Å². The fourth-order valence-electron chi connectivity index (χ4n) is 1.94. The Morgan fingerprint density at radius 3 is 2.94 bits per heavy atom. The fourth-order valence-corrected chi connectivity index (χ4v) is 1.94. The van der Waals surface area contributed by atoms with Crippen LogP contribution in [0.1, 0.15) is 36.1 Å². The molecular weight excluding hydrogens is 224 g/mol. The van der Waals surface area contributed by atoms with Crippen LogP contribution in [0.5, 0.6) is 5.88 Å². The Labute approximate surface area is 109 Å². The minimum atomic E-state index is 0.649. The number of nitrogens with zero attached hydrogens (tertiary/aromatic N) is 1. The second kappa shape index (κ2) is 6.01. The Morgan fingerprint density at radius 2 is 2.28 bits per heavy atom. The number of hydrogen-bond acceptors (Lipinski definition) is 3. The lowest BCUT2D eigenvalue weighted by molar-refractivity contribution is 0.307. The largest absolute Gasteiger partial charge is 0.477 e. The first kappa shape index (κ1) is 13.1. The first-order valence-electron chi connectivity index (χ1n) is 6.65. The third-order valence-corrected chi connectivity index (χ3v) is 3.14. The molecular formula is C15H22N2O. The van der Waals surface area contributed by atoms with Crippen molar-refractivity contribution < 1.29 is 4.74 Å². The number of ether oxygens (including phenoxy) is 1. The number of rotatable bonds is 7. The van der Waals surface area contributed by atoms with E-state index in [0.29, 0.717) is 12.6 Å². The summed E-state index contributed by atoms with van der Waals surface area (Å²) >= 11 is 0. The third kappa shape index (κ3) is 3.57. The Balaban J connectivity index is 2.08. The molecule has 1 heterocycles. The molecule has 3 nitrogen and oxygen atoms in total. The molecule has 2 rings (SSSR count).